The van der Waals surface area contributed by atoms with Crippen LogP contribution in [0.5, 0.6) is 0 Å². The molecule has 3 nitrogen and oxygen atoms in total. The van der Waals surface area contributed by atoms with Gasteiger partial charge in [0, 0.05) is 12.6 Å². The van der Waals surface area contributed by atoms with Crippen molar-refractivity contribution in [2.24, 2.45) is 0 Å². The Labute approximate surface area is 138 Å². The average molecular weight is 319 g/mol. The standard InChI is InChI=1S/C19H26FNO2/c1-19(2,3)23-18(22)21-14-5-4-8-17(21)9-6-7-15-10-12-16(20)13-11-15/h6-7,10-13,17H,4-5,8-9,14H2,1-3H3. The third-order valence-corrected chi connectivity index (χ3v) is 3.84. The first kappa shape index (κ1) is 17.5. The molecule has 1 unspecified atom stereocenters. The van der Waals surface area contributed by atoms with E-state index in [0.29, 0.717) is 0 Å². The molecule has 0 bridgehead atoms. The Morgan fingerprint density at radius 1 is 1.30 bits per heavy atom. The van der Waals surface area contributed by atoms with Gasteiger partial charge in [0.1, 0.15) is 11.4 Å². The van der Waals surface area contributed by atoms with Crippen LogP contribution in [0.2, 0.25) is 0 Å². The van der Waals surface area contributed by atoms with Crippen LogP contribution in [0.25, 0.3) is 6.08 Å². The maximum Gasteiger partial charge on any atom is 0.410 e. The van der Waals surface area contributed by atoms with Crippen LogP contribution in [0.4, 0.5) is 9.18 Å². The van der Waals surface area contributed by atoms with Crippen molar-refractivity contribution in [2.75, 3.05) is 6.54 Å². The number of hydrogen-bond acceptors (Lipinski definition) is 2. The number of hydrogen-bond donors (Lipinski definition) is 0. The van der Waals surface area contributed by atoms with Gasteiger partial charge in [0.05, 0.1) is 0 Å². The van der Waals surface area contributed by atoms with E-state index in [1.54, 1.807) is 12.1 Å². The summed E-state index contributed by atoms with van der Waals surface area (Å²) in [5.41, 5.74) is 0.495. The zero-order valence-electron chi connectivity index (χ0n) is 14.2. The van der Waals surface area contributed by atoms with E-state index in [2.05, 4.69) is 6.08 Å². The van der Waals surface area contributed by atoms with Gasteiger partial charge in [0.2, 0.25) is 0 Å². The van der Waals surface area contributed by atoms with Gasteiger partial charge in [-0.05, 0) is 64.2 Å². The highest BCUT2D eigenvalue weighted by atomic mass is 19.1. The van der Waals surface area contributed by atoms with E-state index < -0.39 is 5.60 Å². The van der Waals surface area contributed by atoms with Gasteiger partial charge in [-0.15, -0.1) is 0 Å². The van der Waals surface area contributed by atoms with Crippen LogP contribution >= 0.6 is 0 Å². The first-order valence-electron chi connectivity index (χ1n) is 8.27. The largest absolute Gasteiger partial charge is 0.444 e. The van der Waals surface area contributed by atoms with Crippen LogP contribution in [0.15, 0.2) is 30.3 Å². The lowest BCUT2D eigenvalue weighted by atomic mass is 9.99. The molecule has 0 saturated carbocycles. The minimum Gasteiger partial charge on any atom is -0.444 e. The average Bonchev–Trinajstić information content (AvgIpc) is 2.48. The maximum atomic E-state index is 12.9. The summed E-state index contributed by atoms with van der Waals surface area (Å²) in [7, 11) is 0. The van der Waals surface area contributed by atoms with E-state index in [1.807, 2.05) is 31.7 Å². The second-order valence-corrected chi connectivity index (χ2v) is 7.01. The number of nitrogens with zero attached hydrogens (tertiary/aromatic N) is 1. The molecule has 1 amide bonds. The monoisotopic (exact) mass is 319 g/mol. The number of halogens is 1. The molecule has 1 fully saturated rings. The highest BCUT2D eigenvalue weighted by Gasteiger charge is 2.29. The van der Waals surface area contributed by atoms with Gasteiger partial charge < -0.3 is 9.64 Å². The second kappa shape index (κ2) is 7.62. The fourth-order valence-electron chi connectivity index (χ4n) is 2.74. The Morgan fingerprint density at radius 2 is 2.00 bits per heavy atom. The van der Waals surface area contributed by atoms with Gasteiger partial charge >= 0.3 is 6.09 Å². The van der Waals surface area contributed by atoms with Crippen LogP contribution in [0.1, 0.15) is 52.0 Å². The topological polar surface area (TPSA) is 29.5 Å². The Kier molecular flexibility index (Phi) is 5.80. The number of carbonyl (C=O) groups is 1. The van der Waals surface area contributed by atoms with Gasteiger partial charge in [-0.1, -0.05) is 24.3 Å². The highest BCUT2D eigenvalue weighted by molar-refractivity contribution is 5.68. The molecule has 0 N–H and O–H groups in total. The molecule has 2 rings (SSSR count). The lowest BCUT2D eigenvalue weighted by Crippen LogP contribution is -2.45. The predicted octanol–water partition coefficient (Wildman–Crippen LogP) is 5.02. The second-order valence-electron chi connectivity index (χ2n) is 7.01. The summed E-state index contributed by atoms with van der Waals surface area (Å²) in [5.74, 6) is -0.231. The van der Waals surface area contributed by atoms with Gasteiger partial charge in [-0.3, -0.25) is 0 Å². The van der Waals surface area contributed by atoms with Crippen molar-refractivity contribution < 1.29 is 13.9 Å². The Hall–Kier alpha value is -1.84. The molecule has 126 valence electrons. The normalized spacial score (nSPS) is 19.1. The van der Waals surface area contributed by atoms with E-state index in [1.165, 1.54) is 12.1 Å². The summed E-state index contributed by atoms with van der Waals surface area (Å²) in [5, 5.41) is 0. The Morgan fingerprint density at radius 3 is 2.65 bits per heavy atom. The SMILES string of the molecule is CC(C)(C)OC(=O)N1CCCCC1CC=Cc1ccc(F)cc1. The number of amides is 1. The number of piperidine rings is 1. The molecule has 1 atom stereocenters. The zero-order chi connectivity index (χ0) is 16.9. The van der Waals surface area contributed by atoms with Crippen molar-refractivity contribution in [3.63, 3.8) is 0 Å². The molecule has 23 heavy (non-hydrogen) atoms. The maximum absolute atomic E-state index is 12.9. The molecule has 1 aliphatic heterocycles. The summed E-state index contributed by atoms with van der Waals surface area (Å²) in [4.78, 5) is 14.2. The van der Waals surface area contributed by atoms with Crippen LogP contribution < -0.4 is 0 Å². The Bertz CT molecular complexity index is 545. The highest BCUT2D eigenvalue weighted by Crippen LogP contribution is 2.23. The van der Waals surface area contributed by atoms with Crippen molar-refractivity contribution in [2.45, 2.75) is 58.1 Å². The summed E-state index contributed by atoms with van der Waals surface area (Å²) < 4.78 is 18.4. The number of carbonyl (C=O) groups excluding carboxylic acids is 1. The molecule has 0 spiro atoms. The van der Waals surface area contributed by atoms with Crippen molar-refractivity contribution in [1.29, 1.82) is 0 Å². The van der Waals surface area contributed by atoms with Crippen molar-refractivity contribution in [3.05, 3.63) is 41.7 Å². The third kappa shape index (κ3) is 5.70. The van der Waals surface area contributed by atoms with Crippen LogP contribution in [0, 0.1) is 5.82 Å². The summed E-state index contributed by atoms with van der Waals surface area (Å²) >= 11 is 0. The van der Waals surface area contributed by atoms with Crippen molar-refractivity contribution >= 4 is 12.2 Å². The zero-order valence-corrected chi connectivity index (χ0v) is 14.2. The van der Waals surface area contributed by atoms with Gasteiger partial charge in [0.15, 0.2) is 0 Å². The molecule has 1 saturated heterocycles. The van der Waals surface area contributed by atoms with Crippen LogP contribution in [0.3, 0.4) is 0 Å². The first-order valence-corrected chi connectivity index (χ1v) is 8.27. The molecule has 1 heterocycles. The number of rotatable bonds is 3. The molecule has 1 aliphatic rings. The fourth-order valence-corrected chi connectivity index (χ4v) is 2.74. The number of likely N-dealkylation sites (tertiary alicyclic amines) is 1. The van der Waals surface area contributed by atoms with Gasteiger partial charge in [-0.2, -0.15) is 0 Å². The summed E-state index contributed by atoms with van der Waals surface area (Å²) in [6, 6.07) is 6.58. The molecule has 1 aromatic carbocycles. The molecule has 1 aromatic rings. The lowest BCUT2D eigenvalue weighted by Gasteiger charge is -2.36. The minimum atomic E-state index is -0.469. The molecular formula is C19H26FNO2. The Balaban J connectivity index is 1.95. The van der Waals surface area contributed by atoms with E-state index >= 15 is 0 Å². The van der Waals surface area contributed by atoms with E-state index in [-0.39, 0.29) is 18.0 Å². The lowest BCUT2D eigenvalue weighted by molar-refractivity contribution is 0.0103. The van der Waals surface area contributed by atoms with Crippen LogP contribution in [-0.2, 0) is 4.74 Å². The van der Waals surface area contributed by atoms with Gasteiger partial charge in [-0.25, -0.2) is 9.18 Å². The molecular weight excluding hydrogens is 293 g/mol. The third-order valence-electron chi connectivity index (χ3n) is 3.84. The predicted molar refractivity (Wildman–Crippen MR) is 90.6 cm³/mol. The van der Waals surface area contributed by atoms with E-state index in [4.69, 9.17) is 4.74 Å². The quantitative estimate of drug-likeness (QED) is 0.783. The van der Waals surface area contributed by atoms with E-state index in [0.717, 1.165) is 37.8 Å². The summed E-state index contributed by atoms with van der Waals surface area (Å²) in [6.07, 6.45) is 7.74. The van der Waals surface area contributed by atoms with Crippen molar-refractivity contribution in [1.82, 2.24) is 4.90 Å². The van der Waals surface area contributed by atoms with Crippen LogP contribution in [-0.4, -0.2) is 29.2 Å². The molecule has 0 aliphatic carbocycles. The molecule has 0 radical (unpaired) electrons. The molecule has 4 heteroatoms. The minimum absolute atomic E-state index is 0.176. The fraction of sp³-hybridized carbons (Fsp3) is 0.526. The summed E-state index contributed by atoms with van der Waals surface area (Å²) in [6.45, 7) is 6.42. The number of benzene rings is 1. The van der Waals surface area contributed by atoms with Gasteiger partial charge in [0.25, 0.3) is 0 Å². The van der Waals surface area contributed by atoms with Crippen molar-refractivity contribution in [3.8, 4) is 0 Å². The van der Waals surface area contributed by atoms with E-state index in [9.17, 15) is 9.18 Å². The number of ether oxygens (including phenoxy) is 1. The first-order chi connectivity index (χ1) is 10.8. The molecule has 0 aromatic heterocycles. The smallest absolute Gasteiger partial charge is 0.410 e.